The summed E-state index contributed by atoms with van der Waals surface area (Å²) in [5.41, 5.74) is 3.23. The molecule has 1 N–H and O–H groups in total. The van der Waals surface area contributed by atoms with Gasteiger partial charge in [-0.2, -0.15) is 0 Å². The Bertz CT molecular complexity index is 913. The molecule has 0 radical (unpaired) electrons. The van der Waals surface area contributed by atoms with Crippen LogP contribution in [0.15, 0.2) is 11.0 Å². The van der Waals surface area contributed by atoms with Crippen LogP contribution in [0.4, 0.5) is 5.82 Å². The van der Waals surface area contributed by atoms with E-state index in [9.17, 15) is 0 Å². The molecule has 2 aliphatic heterocycles. The molecule has 140 valence electrons. The Hall–Kier alpha value is -1.48. The number of aryl methyl sites for hydroxylation is 1. The van der Waals surface area contributed by atoms with Gasteiger partial charge in [-0.05, 0) is 38.3 Å². The first-order chi connectivity index (χ1) is 11.8. The van der Waals surface area contributed by atoms with E-state index in [-0.39, 0.29) is 30.9 Å². The van der Waals surface area contributed by atoms with Crippen molar-refractivity contribution >= 4 is 52.2 Å². The van der Waals surface area contributed by atoms with Gasteiger partial charge in [-0.15, -0.1) is 36.2 Å². The van der Waals surface area contributed by atoms with Crippen molar-refractivity contribution in [2.75, 3.05) is 18.0 Å². The van der Waals surface area contributed by atoms with E-state index in [1.807, 2.05) is 6.92 Å². The summed E-state index contributed by atoms with van der Waals surface area (Å²) in [6.45, 7) is 4.89. The van der Waals surface area contributed by atoms with Crippen LogP contribution in [0.2, 0.25) is 0 Å². The maximum Gasteiger partial charge on any atom is 0.141 e. The third-order valence-corrected chi connectivity index (χ3v) is 6.16. The smallest absolute Gasteiger partial charge is 0.141 e. The van der Waals surface area contributed by atoms with E-state index in [0.717, 1.165) is 60.9 Å². The molecule has 0 amide bonds. The second-order valence-electron chi connectivity index (χ2n) is 6.39. The molecular formula is C16H20Cl2N6OS. The first kappa shape index (κ1) is 19.3. The number of nitrogens with zero attached hydrogens (tertiary/aromatic N) is 5. The summed E-state index contributed by atoms with van der Waals surface area (Å²) in [7, 11) is 0. The number of thiophene rings is 1. The maximum atomic E-state index is 4.94. The van der Waals surface area contributed by atoms with Gasteiger partial charge in [-0.1, -0.05) is 10.3 Å². The third-order valence-electron chi connectivity index (χ3n) is 5.02. The first-order valence-electron chi connectivity index (χ1n) is 8.34. The van der Waals surface area contributed by atoms with Gasteiger partial charge in [0.05, 0.1) is 11.4 Å². The molecule has 3 aromatic heterocycles. The van der Waals surface area contributed by atoms with Gasteiger partial charge >= 0.3 is 0 Å². The number of hydrogen-bond acceptors (Lipinski definition) is 8. The summed E-state index contributed by atoms with van der Waals surface area (Å²) in [6.07, 6.45) is 4.90. The second kappa shape index (κ2) is 7.64. The Morgan fingerprint density at radius 1 is 1.27 bits per heavy atom. The van der Waals surface area contributed by atoms with Crippen LogP contribution in [0.25, 0.3) is 10.2 Å². The van der Waals surface area contributed by atoms with Gasteiger partial charge in [-0.25, -0.2) is 14.6 Å². The average molecular weight is 415 g/mol. The molecular weight excluding hydrogens is 395 g/mol. The standard InChI is InChI=1S/C16H18N6OS.2ClH/c1-9-14(21-23-20-9)11-3-2-6-22(11)15-13-10-4-5-17-7-12(10)24-16(13)19-8-18-15;;/h8,11,17H,2-7H2,1H3;2*1H. The predicted octanol–water partition coefficient (Wildman–Crippen LogP) is 3.21. The normalized spacial score (nSPS) is 19.1. The minimum Gasteiger partial charge on any atom is -0.347 e. The summed E-state index contributed by atoms with van der Waals surface area (Å²) < 4.78 is 4.94. The van der Waals surface area contributed by atoms with E-state index in [4.69, 9.17) is 4.63 Å². The van der Waals surface area contributed by atoms with Crippen molar-refractivity contribution in [2.45, 2.75) is 38.8 Å². The van der Waals surface area contributed by atoms with Crippen LogP contribution in [0.3, 0.4) is 0 Å². The molecule has 0 aliphatic carbocycles. The molecule has 0 saturated carbocycles. The highest BCUT2D eigenvalue weighted by Crippen LogP contribution is 2.42. The number of fused-ring (bicyclic) bond motifs is 3. The molecule has 5 heterocycles. The van der Waals surface area contributed by atoms with Crippen molar-refractivity contribution in [3.8, 4) is 0 Å². The van der Waals surface area contributed by atoms with Crippen molar-refractivity contribution in [1.82, 2.24) is 25.6 Å². The molecule has 1 atom stereocenters. The SMILES string of the molecule is Cc1nonc1C1CCCN1c1ncnc2sc3c(c12)CCNC3.Cl.Cl. The predicted molar refractivity (Wildman–Crippen MR) is 106 cm³/mol. The van der Waals surface area contributed by atoms with E-state index in [0.29, 0.717) is 0 Å². The molecule has 0 aromatic carbocycles. The summed E-state index contributed by atoms with van der Waals surface area (Å²) in [5, 5.41) is 12.8. The van der Waals surface area contributed by atoms with E-state index in [1.54, 1.807) is 17.7 Å². The van der Waals surface area contributed by atoms with E-state index < -0.39 is 0 Å². The molecule has 2 aliphatic rings. The summed E-state index contributed by atoms with van der Waals surface area (Å²) in [6, 6.07) is 0.187. The van der Waals surface area contributed by atoms with Crippen molar-refractivity contribution in [1.29, 1.82) is 0 Å². The zero-order chi connectivity index (χ0) is 16.1. The van der Waals surface area contributed by atoms with Gasteiger partial charge < -0.3 is 10.2 Å². The number of anilines is 1. The maximum absolute atomic E-state index is 4.94. The number of halogens is 2. The fourth-order valence-electron chi connectivity index (χ4n) is 3.91. The molecule has 1 unspecified atom stereocenters. The zero-order valence-electron chi connectivity index (χ0n) is 14.3. The number of hydrogen-bond donors (Lipinski definition) is 1. The van der Waals surface area contributed by atoms with Crippen LogP contribution in [0.1, 0.15) is 40.7 Å². The minimum absolute atomic E-state index is 0. The highest BCUT2D eigenvalue weighted by molar-refractivity contribution is 7.19. The topological polar surface area (TPSA) is 80.0 Å². The van der Waals surface area contributed by atoms with Crippen LogP contribution < -0.4 is 10.2 Å². The first-order valence-corrected chi connectivity index (χ1v) is 9.16. The van der Waals surface area contributed by atoms with Crippen LogP contribution in [-0.2, 0) is 13.0 Å². The molecule has 3 aromatic rings. The van der Waals surface area contributed by atoms with Gasteiger partial charge in [0.2, 0.25) is 0 Å². The summed E-state index contributed by atoms with van der Waals surface area (Å²) in [4.78, 5) is 14.1. The van der Waals surface area contributed by atoms with Gasteiger partial charge in [0, 0.05) is 18.0 Å². The zero-order valence-corrected chi connectivity index (χ0v) is 16.7. The largest absolute Gasteiger partial charge is 0.347 e. The molecule has 10 heteroatoms. The number of aromatic nitrogens is 4. The van der Waals surface area contributed by atoms with Crippen LogP contribution in [-0.4, -0.2) is 33.4 Å². The Morgan fingerprint density at radius 3 is 2.96 bits per heavy atom. The Balaban J connectivity index is 0.000000980. The van der Waals surface area contributed by atoms with E-state index in [1.165, 1.54) is 15.8 Å². The molecule has 26 heavy (non-hydrogen) atoms. The van der Waals surface area contributed by atoms with Crippen LogP contribution >= 0.6 is 36.2 Å². The molecule has 1 fully saturated rings. The van der Waals surface area contributed by atoms with Gasteiger partial charge in [-0.3, -0.25) is 0 Å². The quantitative estimate of drug-likeness (QED) is 0.689. The Morgan fingerprint density at radius 2 is 2.15 bits per heavy atom. The van der Waals surface area contributed by atoms with Gasteiger partial charge in [0.15, 0.2) is 0 Å². The minimum atomic E-state index is 0. The number of nitrogens with one attached hydrogen (secondary N) is 1. The monoisotopic (exact) mass is 414 g/mol. The Kier molecular flexibility index (Phi) is 5.67. The molecule has 7 nitrogen and oxygen atoms in total. The lowest BCUT2D eigenvalue weighted by Gasteiger charge is -2.25. The molecule has 1 saturated heterocycles. The fraction of sp³-hybridized carbons (Fsp3) is 0.500. The van der Waals surface area contributed by atoms with Crippen molar-refractivity contribution in [2.24, 2.45) is 0 Å². The van der Waals surface area contributed by atoms with Gasteiger partial charge in [0.25, 0.3) is 0 Å². The summed E-state index contributed by atoms with van der Waals surface area (Å²) >= 11 is 1.79. The van der Waals surface area contributed by atoms with E-state index in [2.05, 4.69) is 30.5 Å². The average Bonchev–Trinajstić information content (AvgIpc) is 3.31. The van der Waals surface area contributed by atoms with Crippen molar-refractivity contribution in [3.63, 3.8) is 0 Å². The Labute approximate surface area is 167 Å². The lowest BCUT2D eigenvalue weighted by molar-refractivity contribution is 0.299. The second-order valence-corrected chi connectivity index (χ2v) is 7.48. The number of rotatable bonds is 2. The van der Waals surface area contributed by atoms with E-state index >= 15 is 0 Å². The highest BCUT2D eigenvalue weighted by Gasteiger charge is 2.33. The fourth-order valence-corrected chi connectivity index (χ4v) is 5.06. The van der Waals surface area contributed by atoms with Crippen LogP contribution in [0.5, 0.6) is 0 Å². The lowest BCUT2D eigenvalue weighted by atomic mass is 10.1. The highest BCUT2D eigenvalue weighted by atomic mass is 35.5. The lowest BCUT2D eigenvalue weighted by Crippen LogP contribution is -2.26. The molecule has 0 spiro atoms. The van der Waals surface area contributed by atoms with Crippen molar-refractivity contribution in [3.05, 3.63) is 28.2 Å². The summed E-state index contributed by atoms with van der Waals surface area (Å²) in [5.74, 6) is 1.05. The third kappa shape index (κ3) is 2.94. The van der Waals surface area contributed by atoms with Crippen molar-refractivity contribution < 1.29 is 4.63 Å². The van der Waals surface area contributed by atoms with Crippen LogP contribution in [0, 0.1) is 6.92 Å². The molecule has 5 rings (SSSR count). The molecule has 0 bridgehead atoms. The van der Waals surface area contributed by atoms with Gasteiger partial charge in [0.1, 0.15) is 28.4 Å².